The Labute approximate surface area is 288 Å². The average Bonchev–Trinajstić information content (AvgIpc) is 3.24. The number of halogens is 2. The van der Waals surface area contributed by atoms with Crippen molar-refractivity contribution in [2.45, 2.75) is 56.7 Å². The van der Waals surface area contributed by atoms with Crippen molar-refractivity contribution >= 4 is 55.6 Å². The highest BCUT2D eigenvalue weighted by molar-refractivity contribution is 9.13. The lowest BCUT2D eigenvalue weighted by Crippen LogP contribution is -2.54. The molecule has 12 heteroatoms. The van der Waals surface area contributed by atoms with Crippen LogP contribution >= 0.6 is 31.9 Å². The molecule has 0 unspecified atom stereocenters. The Hall–Kier alpha value is -2.67. The summed E-state index contributed by atoms with van der Waals surface area (Å²) in [6.07, 6.45) is 2.92. The van der Waals surface area contributed by atoms with Gasteiger partial charge in [-0.05, 0) is 100 Å². The summed E-state index contributed by atoms with van der Waals surface area (Å²) in [7, 11) is 2.17. The molecule has 3 fully saturated rings. The van der Waals surface area contributed by atoms with E-state index in [1.165, 1.54) is 0 Å². The summed E-state index contributed by atoms with van der Waals surface area (Å²) in [4.78, 5) is 51.0. The highest BCUT2D eigenvalue weighted by Gasteiger charge is 2.36. The fourth-order valence-electron chi connectivity index (χ4n) is 7.20. The molecule has 6 rings (SSSR count). The van der Waals surface area contributed by atoms with Crippen LogP contribution in [0.5, 0.6) is 0 Å². The third-order valence-corrected chi connectivity index (χ3v) is 11.9. The molecule has 4 aliphatic heterocycles. The van der Waals surface area contributed by atoms with Crippen LogP contribution in [0.3, 0.4) is 0 Å². The maximum atomic E-state index is 14.0. The van der Waals surface area contributed by atoms with Crippen LogP contribution in [0.25, 0.3) is 0 Å². The number of amides is 4. The second-order valence-corrected chi connectivity index (χ2v) is 14.7. The van der Waals surface area contributed by atoms with Crippen LogP contribution in [0.15, 0.2) is 51.4 Å². The van der Waals surface area contributed by atoms with Crippen LogP contribution in [0, 0.1) is 0 Å². The van der Waals surface area contributed by atoms with Crippen molar-refractivity contribution < 1.29 is 19.1 Å². The van der Waals surface area contributed by atoms with E-state index >= 15 is 0 Å². The van der Waals surface area contributed by atoms with E-state index in [1.54, 1.807) is 4.90 Å². The Morgan fingerprint density at radius 2 is 1.52 bits per heavy atom. The zero-order valence-corrected chi connectivity index (χ0v) is 29.7. The van der Waals surface area contributed by atoms with E-state index in [1.807, 2.05) is 46.2 Å². The smallest absolute Gasteiger partial charge is 0.410 e. The third kappa shape index (κ3) is 7.89. The number of carbonyl (C=O) groups is 3. The second-order valence-electron chi connectivity index (χ2n) is 13.0. The summed E-state index contributed by atoms with van der Waals surface area (Å²) in [6, 6.07) is 14.2. The normalized spacial score (nSPS) is 21.4. The number of urea groups is 1. The number of ether oxygens (including phenoxy) is 1. The molecule has 1 N–H and O–H groups in total. The molecule has 0 aromatic heterocycles. The first-order chi connectivity index (χ1) is 22.2. The number of nitrogens with one attached hydrogen (secondary N) is 1. The van der Waals surface area contributed by atoms with E-state index in [4.69, 9.17) is 4.74 Å². The molecule has 0 saturated carbocycles. The number of nitrogens with zero attached hydrogens (tertiary/aromatic N) is 5. The van der Waals surface area contributed by atoms with Crippen molar-refractivity contribution in [2.24, 2.45) is 0 Å². The number of carbonyl (C=O) groups excluding carboxylic acids is 3. The Morgan fingerprint density at radius 1 is 0.848 bits per heavy atom. The summed E-state index contributed by atoms with van der Waals surface area (Å²) in [5, 5.41) is 3.06. The van der Waals surface area contributed by atoms with Crippen molar-refractivity contribution in [3.05, 3.63) is 62.5 Å². The van der Waals surface area contributed by atoms with Crippen LogP contribution in [0.1, 0.15) is 36.8 Å². The molecule has 10 nitrogen and oxygen atoms in total. The number of rotatable bonds is 6. The quantitative estimate of drug-likeness (QED) is 0.444. The Balaban J connectivity index is 1.07. The molecule has 1 atom stereocenters. The fraction of sp³-hybridized carbons (Fsp3) is 0.559. The minimum atomic E-state index is -0.909. The maximum absolute atomic E-state index is 14.0. The first-order valence-electron chi connectivity index (χ1n) is 16.5. The molecular formula is C34H44Br2N6O4. The highest BCUT2D eigenvalue weighted by atomic mass is 79.9. The molecule has 46 heavy (non-hydrogen) atoms. The van der Waals surface area contributed by atoms with Gasteiger partial charge in [-0.3, -0.25) is 9.69 Å². The lowest BCUT2D eigenvalue weighted by Gasteiger charge is -2.42. The Morgan fingerprint density at radius 3 is 2.24 bits per heavy atom. The first-order valence-corrected chi connectivity index (χ1v) is 18.1. The summed E-state index contributed by atoms with van der Waals surface area (Å²) < 4.78 is 7.87. The summed E-state index contributed by atoms with van der Waals surface area (Å²) in [5.74, 6) is -0.125. The predicted molar refractivity (Wildman–Crippen MR) is 185 cm³/mol. The second kappa shape index (κ2) is 15.0. The highest BCUT2D eigenvalue weighted by Crippen LogP contribution is 2.27. The van der Waals surface area contributed by atoms with Gasteiger partial charge in [0.2, 0.25) is 0 Å². The molecule has 0 bridgehead atoms. The number of anilines is 1. The summed E-state index contributed by atoms with van der Waals surface area (Å²) >= 11 is 7.09. The Bertz CT molecular complexity index is 1400. The van der Waals surface area contributed by atoms with E-state index in [-0.39, 0.29) is 18.0 Å². The molecule has 2 aromatic rings. The molecule has 0 aliphatic carbocycles. The number of benzene rings is 2. The zero-order chi connectivity index (χ0) is 32.2. The monoisotopic (exact) mass is 758 g/mol. The lowest BCUT2D eigenvalue weighted by atomic mass is 10.0. The van der Waals surface area contributed by atoms with Crippen LogP contribution in [-0.4, -0.2) is 127 Å². The number of hydrogen-bond donors (Lipinski definition) is 1. The van der Waals surface area contributed by atoms with Crippen LogP contribution in [0.2, 0.25) is 0 Å². The fourth-order valence-corrected chi connectivity index (χ4v) is 7.87. The van der Waals surface area contributed by atoms with Gasteiger partial charge in [-0.2, -0.15) is 0 Å². The van der Waals surface area contributed by atoms with Crippen molar-refractivity contribution in [1.29, 1.82) is 0 Å². The molecule has 2 aromatic carbocycles. The lowest BCUT2D eigenvalue weighted by molar-refractivity contribution is -0.142. The first kappa shape index (κ1) is 33.2. The molecule has 248 valence electrons. The van der Waals surface area contributed by atoms with Crippen LogP contribution in [-0.2, 0) is 22.4 Å². The SMILES string of the molecule is CN1CCN(C2CCN(C(=O)[C@@H](Cc3ccc(Br)c(Br)c3)OC(=O)N3CCC(N4CCc5ccccc5NC4=O)CC3)CC2)CC1. The predicted octanol–water partition coefficient (Wildman–Crippen LogP) is 5.05. The van der Waals surface area contributed by atoms with Gasteiger partial charge >= 0.3 is 12.1 Å². The minimum absolute atomic E-state index is 0.0394. The molecule has 3 saturated heterocycles. The van der Waals surface area contributed by atoms with Crippen LogP contribution in [0.4, 0.5) is 15.3 Å². The maximum Gasteiger partial charge on any atom is 0.410 e. The van der Waals surface area contributed by atoms with Gasteiger partial charge in [0.05, 0.1) is 0 Å². The zero-order valence-electron chi connectivity index (χ0n) is 26.5. The number of hydrogen-bond acceptors (Lipinski definition) is 6. The molecular weight excluding hydrogens is 716 g/mol. The van der Waals surface area contributed by atoms with Gasteiger partial charge in [0, 0.05) is 92.0 Å². The van der Waals surface area contributed by atoms with E-state index < -0.39 is 12.2 Å². The van der Waals surface area contributed by atoms with Crippen molar-refractivity contribution in [3.8, 4) is 0 Å². The molecule has 4 amide bonds. The topological polar surface area (TPSA) is 88.7 Å². The van der Waals surface area contributed by atoms with Gasteiger partial charge in [0.1, 0.15) is 0 Å². The van der Waals surface area contributed by atoms with Gasteiger partial charge in [0.25, 0.3) is 5.91 Å². The molecule has 4 heterocycles. The van der Waals surface area contributed by atoms with E-state index in [0.717, 1.165) is 71.2 Å². The number of fused-ring (bicyclic) bond motifs is 1. The van der Waals surface area contributed by atoms with Gasteiger partial charge in [-0.25, -0.2) is 9.59 Å². The van der Waals surface area contributed by atoms with E-state index in [0.29, 0.717) is 58.0 Å². The Kier molecular flexibility index (Phi) is 10.9. The average molecular weight is 761 g/mol. The van der Waals surface area contributed by atoms with Crippen LogP contribution < -0.4 is 5.32 Å². The van der Waals surface area contributed by atoms with Gasteiger partial charge in [0.15, 0.2) is 6.10 Å². The number of piperidine rings is 2. The number of piperazine rings is 1. The number of likely N-dealkylation sites (tertiary alicyclic amines) is 2. The minimum Gasteiger partial charge on any atom is -0.436 e. The van der Waals surface area contributed by atoms with Gasteiger partial charge in [-0.15, -0.1) is 0 Å². The van der Waals surface area contributed by atoms with E-state index in [2.05, 4.69) is 60.1 Å². The van der Waals surface area contributed by atoms with Gasteiger partial charge in [-0.1, -0.05) is 24.3 Å². The summed E-state index contributed by atoms with van der Waals surface area (Å²) in [6.45, 7) is 7.22. The third-order valence-electron chi connectivity index (χ3n) is 10.1. The number of para-hydroxylation sites is 1. The summed E-state index contributed by atoms with van der Waals surface area (Å²) in [5.41, 5.74) is 2.92. The molecule has 0 spiro atoms. The molecule has 0 radical (unpaired) electrons. The molecule has 4 aliphatic rings. The van der Waals surface area contributed by atoms with Crippen molar-refractivity contribution in [1.82, 2.24) is 24.5 Å². The largest absolute Gasteiger partial charge is 0.436 e. The standard InChI is InChI=1S/C34H44Br2N6O4/c1-38-18-20-39(21-19-38)26-9-13-40(14-10-26)32(43)31(23-24-6-7-28(35)29(36)22-24)46-34(45)41-15-11-27(12-16-41)42-17-8-25-4-2-3-5-30(25)37-33(42)44/h2-7,22,26-27,31H,8-21,23H2,1H3,(H,37,44)/t31-/m1/s1. The number of likely N-dealkylation sites (N-methyl/N-ethyl adjacent to an activating group) is 1. The van der Waals surface area contributed by atoms with Gasteiger partial charge < -0.3 is 29.7 Å². The van der Waals surface area contributed by atoms with Crippen molar-refractivity contribution in [3.63, 3.8) is 0 Å². The van der Waals surface area contributed by atoms with Crippen molar-refractivity contribution in [2.75, 3.05) is 71.3 Å². The van der Waals surface area contributed by atoms with E-state index in [9.17, 15) is 14.4 Å².